The summed E-state index contributed by atoms with van der Waals surface area (Å²) in [6.07, 6.45) is 1.83. The zero-order valence-corrected chi connectivity index (χ0v) is 19.0. The van der Waals surface area contributed by atoms with Gasteiger partial charge in [0.15, 0.2) is 0 Å². The number of fused-ring (bicyclic) bond motifs is 2. The minimum Gasteiger partial charge on any atom is -0.495 e. The highest BCUT2D eigenvalue weighted by Crippen LogP contribution is 2.39. The largest absolute Gasteiger partial charge is 0.495 e. The van der Waals surface area contributed by atoms with Crippen molar-refractivity contribution in [2.75, 3.05) is 18.6 Å². The van der Waals surface area contributed by atoms with Crippen molar-refractivity contribution in [2.45, 2.75) is 26.7 Å². The Morgan fingerprint density at radius 1 is 1.00 bits per heavy atom. The van der Waals surface area contributed by atoms with E-state index in [1.165, 1.54) is 0 Å². The summed E-state index contributed by atoms with van der Waals surface area (Å²) in [5.41, 5.74) is 4.99. The number of carbonyl (C=O) groups is 1. The Balaban J connectivity index is 1.53. The van der Waals surface area contributed by atoms with Gasteiger partial charge in [0.25, 0.3) is 11.5 Å². The Kier molecular flexibility index (Phi) is 5.21. The first kappa shape index (κ1) is 20.9. The normalized spacial score (nSPS) is 13.1. The zero-order valence-electron chi connectivity index (χ0n) is 19.0. The molecule has 0 saturated heterocycles. The predicted molar refractivity (Wildman–Crippen MR) is 130 cm³/mol. The lowest BCUT2D eigenvalue weighted by molar-refractivity contribution is 0.0984. The van der Waals surface area contributed by atoms with Gasteiger partial charge in [0.05, 0.1) is 29.4 Å². The van der Waals surface area contributed by atoms with Crippen LogP contribution in [0.5, 0.6) is 5.75 Å². The monoisotopic (exact) mass is 439 g/mol. The van der Waals surface area contributed by atoms with Gasteiger partial charge in [0.2, 0.25) is 0 Å². The van der Waals surface area contributed by atoms with Crippen LogP contribution in [-0.2, 0) is 6.42 Å². The average Bonchev–Trinajstić information content (AvgIpc) is 2.84. The van der Waals surface area contributed by atoms with Crippen molar-refractivity contribution in [3.63, 3.8) is 0 Å². The van der Waals surface area contributed by atoms with Gasteiger partial charge >= 0.3 is 0 Å². The zero-order chi connectivity index (χ0) is 23.1. The number of carbonyl (C=O) groups excluding carboxylic acids is 1. The van der Waals surface area contributed by atoms with Crippen molar-refractivity contribution >= 4 is 22.5 Å². The molecule has 1 aliphatic heterocycles. The third-order valence-electron chi connectivity index (χ3n) is 6.34. The minimum atomic E-state index is -0.123. The predicted octanol–water partition coefficient (Wildman–Crippen LogP) is 4.60. The van der Waals surface area contributed by atoms with Gasteiger partial charge in [0, 0.05) is 12.1 Å². The highest BCUT2D eigenvalue weighted by molar-refractivity contribution is 6.07. The van der Waals surface area contributed by atoms with Crippen LogP contribution in [0.3, 0.4) is 0 Å². The fourth-order valence-electron chi connectivity index (χ4n) is 4.68. The summed E-state index contributed by atoms with van der Waals surface area (Å²) in [5, 5.41) is 0.565. The molecule has 3 aromatic carbocycles. The summed E-state index contributed by atoms with van der Waals surface area (Å²) in [7, 11) is 1.63. The summed E-state index contributed by atoms with van der Waals surface area (Å²) < 4.78 is 7.17. The maximum atomic E-state index is 13.5. The van der Waals surface area contributed by atoms with Crippen LogP contribution in [0.25, 0.3) is 16.6 Å². The molecule has 0 saturated carbocycles. The lowest BCUT2D eigenvalue weighted by Gasteiger charge is -2.32. The first-order valence-corrected chi connectivity index (χ1v) is 11.1. The third-order valence-corrected chi connectivity index (χ3v) is 6.34. The second-order valence-electron chi connectivity index (χ2n) is 8.34. The summed E-state index contributed by atoms with van der Waals surface area (Å²) in [4.78, 5) is 33.0. The second kappa shape index (κ2) is 8.20. The van der Waals surface area contributed by atoms with Crippen molar-refractivity contribution in [3.05, 3.63) is 93.5 Å². The summed E-state index contributed by atoms with van der Waals surface area (Å²) >= 11 is 0. The molecule has 0 N–H and O–H groups in total. The molecule has 0 fully saturated rings. The standard InChI is InChI=1S/C27H25N3O3/c1-17-10-15-24(33-3)25-21(17)8-6-16-29(25)26(31)19-11-13-20(14-12-19)30-18(2)28-23-9-5-4-7-22(23)27(30)32/h4-5,7,9-15H,6,8,16H2,1-3H3. The van der Waals surface area contributed by atoms with Crippen molar-refractivity contribution in [3.8, 4) is 11.4 Å². The lowest BCUT2D eigenvalue weighted by atomic mass is 9.95. The number of hydrogen-bond donors (Lipinski definition) is 0. The molecule has 0 bridgehead atoms. The van der Waals surface area contributed by atoms with Gasteiger partial charge < -0.3 is 9.64 Å². The van der Waals surface area contributed by atoms with E-state index in [2.05, 4.69) is 11.9 Å². The molecular weight excluding hydrogens is 414 g/mol. The molecule has 0 unspecified atom stereocenters. The number of benzene rings is 3. The molecule has 5 rings (SSSR count). The molecule has 166 valence electrons. The average molecular weight is 440 g/mol. The van der Waals surface area contributed by atoms with E-state index in [1.807, 2.05) is 42.2 Å². The maximum Gasteiger partial charge on any atom is 0.265 e. The number of rotatable bonds is 3. The fraction of sp³-hybridized carbons (Fsp3) is 0.222. The van der Waals surface area contributed by atoms with Gasteiger partial charge in [-0.25, -0.2) is 4.98 Å². The molecule has 6 nitrogen and oxygen atoms in total. The molecular formula is C27H25N3O3. The Bertz CT molecular complexity index is 1440. The van der Waals surface area contributed by atoms with Crippen molar-refractivity contribution in [1.82, 2.24) is 9.55 Å². The van der Waals surface area contributed by atoms with Gasteiger partial charge in [-0.05, 0) is 80.3 Å². The van der Waals surface area contributed by atoms with Crippen LogP contribution in [-0.4, -0.2) is 29.1 Å². The SMILES string of the molecule is COc1ccc(C)c2c1N(C(=O)c1ccc(-n3c(C)nc4ccccc4c3=O)cc1)CCC2. The molecule has 1 aliphatic rings. The van der Waals surface area contributed by atoms with Gasteiger partial charge in [-0.1, -0.05) is 18.2 Å². The van der Waals surface area contributed by atoms with Crippen LogP contribution in [0.4, 0.5) is 5.69 Å². The minimum absolute atomic E-state index is 0.0768. The number of para-hydroxylation sites is 1. The molecule has 2 heterocycles. The Labute approximate surface area is 192 Å². The number of nitrogens with zero attached hydrogens (tertiary/aromatic N) is 3. The molecule has 0 atom stereocenters. The number of anilines is 1. The number of amides is 1. The van der Waals surface area contributed by atoms with Crippen LogP contribution in [0, 0.1) is 13.8 Å². The quantitative estimate of drug-likeness (QED) is 0.468. The van der Waals surface area contributed by atoms with Crippen molar-refractivity contribution in [1.29, 1.82) is 0 Å². The highest BCUT2D eigenvalue weighted by atomic mass is 16.5. The summed E-state index contributed by atoms with van der Waals surface area (Å²) in [5.74, 6) is 1.24. The highest BCUT2D eigenvalue weighted by Gasteiger charge is 2.28. The van der Waals surface area contributed by atoms with Crippen LogP contribution in [0.15, 0.2) is 65.5 Å². The maximum absolute atomic E-state index is 13.5. The van der Waals surface area contributed by atoms with Gasteiger partial charge in [-0.15, -0.1) is 0 Å². The van der Waals surface area contributed by atoms with Gasteiger partial charge in [-0.3, -0.25) is 14.2 Å². The number of aromatic nitrogens is 2. The molecule has 1 amide bonds. The smallest absolute Gasteiger partial charge is 0.265 e. The molecule has 4 aromatic rings. The van der Waals surface area contributed by atoms with Crippen LogP contribution >= 0.6 is 0 Å². The molecule has 0 spiro atoms. The summed E-state index contributed by atoms with van der Waals surface area (Å²) in [6.45, 7) is 4.52. The van der Waals surface area contributed by atoms with E-state index >= 15 is 0 Å². The van der Waals surface area contributed by atoms with E-state index in [1.54, 1.807) is 42.0 Å². The molecule has 33 heavy (non-hydrogen) atoms. The number of ether oxygens (including phenoxy) is 1. The Hall–Kier alpha value is -3.93. The van der Waals surface area contributed by atoms with Gasteiger partial charge in [0.1, 0.15) is 11.6 Å². The molecule has 0 aliphatic carbocycles. The third kappa shape index (κ3) is 3.48. The van der Waals surface area contributed by atoms with E-state index < -0.39 is 0 Å². The Morgan fingerprint density at radius 3 is 2.52 bits per heavy atom. The molecule has 0 radical (unpaired) electrons. The topological polar surface area (TPSA) is 64.4 Å². The first-order valence-electron chi connectivity index (χ1n) is 11.1. The fourth-order valence-corrected chi connectivity index (χ4v) is 4.68. The number of hydrogen-bond acceptors (Lipinski definition) is 4. The Morgan fingerprint density at radius 2 is 1.76 bits per heavy atom. The van der Waals surface area contributed by atoms with E-state index in [0.29, 0.717) is 40.3 Å². The van der Waals surface area contributed by atoms with Gasteiger partial charge in [-0.2, -0.15) is 0 Å². The van der Waals surface area contributed by atoms with Crippen molar-refractivity contribution in [2.24, 2.45) is 0 Å². The van der Waals surface area contributed by atoms with E-state index in [-0.39, 0.29) is 11.5 Å². The van der Waals surface area contributed by atoms with Crippen LogP contribution in [0.2, 0.25) is 0 Å². The molecule has 6 heteroatoms. The number of methoxy groups -OCH3 is 1. The molecule has 1 aromatic heterocycles. The first-order chi connectivity index (χ1) is 16.0. The van der Waals surface area contributed by atoms with Crippen molar-refractivity contribution < 1.29 is 9.53 Å². The second-order valence-corrected chi connectivity index (χ2v) is 8.34. The van der Waals surface area contributed by atoms with E-state index in [0.717, 1.165) is 29.7 Å². The summed E-state index contributed by atoms with van der Waals surface area (Å²) in [6, 6.07) is 18.4. The van der Waals surface area contributed by atoms with E-state index in [9.17, 15) is 9.59 Å². The van der Waals surface area contributed by atoms with E-state index in [4.69, 9.17) is 4.74 Å². The number of aryl methyl sites for hydroxylation is 2. The van der Waals surface area contributed by atoms with Crippen LogP contribution < -0.4 is 15.2 Å². The lowest BCUT2D eigenvalue weighted by Crippen LogP contribution is -2.36. The van der Waals surface area contributed by atoms with Crippen LogP contribution in [0.1, 0.15) is 33.7 Å².